The number of hydrogen-bond donors (Lipinski definition) is 0. The number of allylic oxidation sites excluding steroid dienone is 1. The molecule has 2 aliphatic rings. The monoisotopic (exact) mass is 410 g/mol. The fourth-order valence-corrected chi connectivity index (χ4v) is 4.26. The molecule has 0 N–H and O–H groups in total. The molecule has 0 aliphatic carbocycles. The van der Waals surface area contributed by atoms with E-state index < -0.39 is 5.92 Å². The minimum atomic E-state index is -0.766. The second-order valence-electron chi connectivity index (χ2n) is 6.94. The van der Waals surface area contributed by atoms with E-state index in [4.69, 9.17) is 9.72 Å². The molecule has 1 fully saturated rings. The molecule has 29 heavy (non-hydrogen) atoms. The number of carbonyl (C=O) groups excluding carboxylic acids is 2. The van der Waals surface area contributed by atoms with Crippen molar-refractivity contribution in [3.63, 3.8) is 0 Å². The van der Waals surface area contributed by atoms with Crippen LogP contribution in [-0.2, 0) is 16.1 Å². The molecule has 150 valence electrons. The summed E-state index contributed by atoms with van der Waals surface area (Å²) in [6.45, 7) is 3.50. The predicted octanol–water partition coefficient (Wildman–Crippen LogP) is 2.25. The van der Waals surface area contributed by atoms with Gasteiger partial charge in [-0.15, -0.1) is 11.3 Å². The fourth-order valence-electron chi connectivity index (χ4n) is 3.42. The second kappa shape index (κ2) is 8.67. The third kappa shape index (κ3) is 4.44. The summed E-state index contributed by atoms with van der Waals surface area (Å²) in [7, 11) is 1.65. The highest BCUT2D eigenvalue weighted by atomic mass is 32.1. The summed E-state index contributed by atoms with van der Waals surface area (Å²) in [6.07, 6.45) is 4.71. The number of piperazine rings is 1. The summed E-state index contributed by atoms with van der Waals surface area (Å²) < 4.78 is 5.20. The zero-order valence-corrected chi connectivity index (χ0v) is 17.0. The molecule has 4 rings (SSSR count). The van der Waals surface area contributed by atoms with Crippen molar-refractivity contribution in [1.82, 2.24) is 14.8 Å². The van der Waals surface area contributed by atoms with Crippen LogP contribution in [0.15, 0.2) is 46.8 Å². The van der Waals surface area contributed by atoms with E-state index in [2.05, 4.69) is 15.3 Å². The molecular formula is C21H22N4O3S. The Morgan fingerprint density at radius 1 is 1.21 bits per heavy atom. The van der Waals surface area contributed by atoms with Crippen LogP contribution >= 0.6 is 11.3 Å². The van der Waals surface area contributed by atoms with Gasteiger partial charge in [0.15, 0.2) is 0 Å². The van der Waals surface area contributed by atoms with Crippen molar-refractivity contribution in [1.29, 1.82) is 0 Å². The van der Waals surface area contributed by atoms with E-state index in [0.717, 1.165) is 41.6 Å². The molecule has 0 radical (unpaired) electrons. The zero-order chi connectivity index (χ0) is 20.2. The lowest BCUT2D eigenvalue weighted by Crippen LogP contribution is -2.50. The van der Waals surface area contributed by atoms with Gasteiger partial charge in [-0.3, -0.25) is 14.5 Å². The Bertz CT molecular complexity index is 943. The number of thiazole rings is 1. The Labute approximate surface area is 173 Å². The quantitative estimate of drug-likeness (QED) is 0.707. The summed E-state index contributed by atoms with van der Waals surface area (Å²) >= 11 is 1.64. The fraction of sp³-hybridized carbons (Fsp3) is 0.333. The average molecular weight is 410 g/mol. The molecule has 3 heterocycles. The van der Waals surface area contributed by atoms with Gasteiger partial charge in [0, 0.05) is 43.3 Å². The molecule has 1 atom stereocenters. The molecule has 1 aromatic heterocycles. The van der Waals surface area contributed by atoms with Gasteiger partial charge in [0.2, 0.25) is 5.91 Å². The van der Waals surface area contributed by atoms with Crippen LogP contribution in [0.1, 0.15) is 5.01 Å². The lowest BCUT2D eigenvalue weighted by molar-refractivity contribution is -0.140. The van der Waals surface area contributed by atoms with E-state index in [1.54, 1.807) is 35.5 Å². The van der Waals surface area contributed by atoms with E-state index in [-0.39, 0.29) is 11.8 Å². The molecule has 1 saturated heterocycles. The van der Waals surface area contributed by atoms with Crippen LogP contribution in [-0.4, -0.2) is 66.1 Å². The molecule has 2 amide bonds. The van der Waals surface area contributed by atoms with Gasteiger partial charge in [-0.2, -0.15) is 0 Å². The number of hydrogen-bond acceptors (Lipinski definition) is 6. The molecule has 1 unspecified atom stereocenters. The van der Waals surface area contributed by atoms with Gasteiger partial charge in [-0.05, 0) is 30.3 Å². The number of rotatable bonds is 5. The first-order chi connectivity index (χ1) is 14.1. The first-order valence-electron chi connectivity index (χ1n) is 9.49. The van der Waals surface area contributed by atoms with Crippen molar-refractivity contribution in [2.75, 3.05) is 33.3 Å². The van der Waals surface area contributed by atoms with Gasteiger partial charge < -0.3 is 9.64 Å². The third-order valence-corrected chi connectivity index (χ3v) is 5.94. The lowest BCUT2D eigenvalue weighted by Gasteiger charge is -2.35. The summed E-state index contributed by atoms with van der Waals surface area (Å²) in [5, 5.41) is 3.12. The smallest absolute Gasteiger partial charge is 0.262 e. The van der Waals surface area contributed by atoms with Crippen molar-refractivity contribution in [2.45, 2.75) is 6.54 Å². The summed E-state index contributed by atoms with van der Waals surface area (Å²) in [5.41, 5.74) is 2.03. The third-order valence-electron chi connectivity index (χ3n) is 5.10. The molecule has 2 aromatic rings. The Hall–Kier alpha value is -2.84. The number of nitrogens with zero attached hydrogens (tertiary/aromatic N) is 4. The highest BCUT2D eigenvalue weighted by molar-refractivity contribution is 7.09. The number of carbonyl (C=O) groups is 2. The Balaban J connectivity index is 1.31. The number of amides is 2. The Morgan fingerprint density at radius 2 is 1.97 bits per heavy atom. The summed E-state index contributed by atoms with van der Waals surface area (Å²) in [5.74, 6) is -0.473. The normalized spacial score (nSPS) is 19.6. The van der Waals surface area contributed by atoms with Gasteiger partial charge in [0.05, 0.1) is 19.3 Å². The second-order valence-corrected chi connectivity index (χ2v) is 7.88. The van der Waals surface area contributed by atoms with Crippen LogP contribution in [0.4, 0.5) is 0 Å². The van der Waals surface area contributed by atoms with E-state index in [9.17, 15) is 9.59 Å². The van der Waals surface area contributed by atoms with E-state index in [1.807, 2.05) is 24.3 Å². The van der Waals surface area contributed by atoms with Crippen molar-refractivity contribution < 1.29 is 14.3 Å². The van der Waals surface area contributed by atoms with E-state index in [0.29, 0.717) is 13.1 Å². The Morgan fingerprint density at radius 3 is 2.66 bits per heavy atom. The van der Waals surface area contributed by atoms with Crippen molar-refractivity contribution in [2.24, 2.45) is 10.9 Å². The van der Waals surface area contributed by atoms with Gasteiger partial charge >= 0.3 is 0 Å². The number of dihydropyridines is 1. The maximum absolute atomic E-state index is 12.6. The van der Waals surface area contributed by atoms with Crippen LogP contribution in [0, 0.1) is 5.92 Å². The number of ether oxygens (including phenoxy) is 1. The molecule has 7 nitrogen and oxygen atoms in total. The van der Waals surface area contributed by atoms with Crippen LogP contribution in [0.3, 0.4) is 0 Å². The number of aromatic nitrogens is 1. The first kappa shape index (κ1) is 19.5. The van der Waals surface area contributed by atoms with Crippen LogP contribution in [0.2, 0.25) is 0 Å². The minimum absolute atomic E-state index is 0.154. The largest absolute Gasteiger partial charge is 0.497 e. The lowest BCUT2D eigenvalue weighted by atomic mass is 10.0. The highest BCUT2D eigenvalue weighted by Crippen LogP contribution is 2.25. The Kier molecular flexibility index (Phi) is 5.82. The van der Waals surface area contributed by atoms with Gasteiger partial charge in [0.25, 0.3) is 5.91 Å². The minimum Gasteiger partial charge on any atom is -0.497 e. The van der Waals surface area contributed by atoms with Crippen molar-refractivity contribution in [3.05, 3.63) is 46.8 Å². The molecule has 0 spiro atoms. The van der Waals surface area contributed by atoms with E-state index in [1.165, 1.54) is 6.21 Å². The number of aliphatic imine (C=N–C) groups is 1. The standard InChI is InChI=1S/C21H22N4O3S/c1-28-16-6-4-15(5-7-16)18-14-29-19(23-18)13-24-9-11-25(12-10-24)21(27)17-3-2-8-22-20(17)26/h2-8,14,17H,9-13H2,1H3. The highest BCUT2D eigenvalue weighted by Gasteiger charge is 2.31. The maximum atomic E-state index is 12.6. The first-order valence-corrected chi connectivity index (χ1v) is 10.4. The topological polar surface area (TPSA) is 75.1 Å². The zero-order valence-electron chi connectivity index (χ0n) is 16.2. The molecule has 1 aromatic carbocycles. The van der Waals surface area contributed by atoms with Crippen molar-refractivity contribution >= 4 is 29.4 Å². The summed E-state index contributed by atoms with van der Waals surface area (Å²) in [4.78, 5) is 36.9. The van der Waals surface area contributed by atoms with Crippen molar-refractivity contribution in [3.8, 4) is 17.0 Å². The molecule has 0 bridgehead atoms. The molecular weight excluding hydrogens is 388 g/mol. The van der Waals surface area contributed by atoms with Gasteiger partial charge in [-0.25, -0.2) is 9.98 Å². The predicted molar refractivity (Wildman–Crippen MR) is 112 cm³/mol. The number of benzene rings is 1. The molecule has 0 saturated carbocycles. The van der Waals surface area contributed by atoms with Gasteiger partial charge in [0.1, 0.15) is 16.7 Å². The molecule has 8 heteroatoms. The molecule has 2 aliphatic heterocycles. The summed E-state index contributed by atoms with van der Waals surface area (Å²) in [6, 6.07) is 7.88. The SMILES string of the molecule is COc1ccc(-c2csc(CN3CCN(C(=O)C4C=CC=NC4=O)CC3)n2)cc1. The van der Waals surface area contributed by atoms with Crippen LogP contribution in [0.25, 0.3) is 11.3 Å². The van der Waals surface area contributed by atoms with Crippen LogP contribution in [0.5, 0.6) is 5.75 Å². The van der Waals surface area contributed by atoms with Crippen LogP contribution < -0.4 is 4.74 Å². The van der Waals surface area contributed by atoms with Gasteiger partial charge in [-0.1, -0.05) is 6.08 Å². The number of methoxy groups -OCH3 is 1. The average Bonchev–Trinajstić information content (AvgIpc) is 3.23. The van der Waals surface area contributed by atoms with E-state index >= 15 is 0 Å². The maximum Gasteiger partial charge on any atom is 0.262 e.